The van der Waals surface area contributed by atoms with Gasteiger partial charge in [0.05, 0.1) is 19.2 Å². The van der Waals surface area contributed by atoms with Gasteiger partial charge in [0, 0.05) is 25.4 Å². The van der Waals surface area contributed by atoms with Gasteiger partial charge < -0.3 is 19.3 Å². The molecule has 0 atom stereocenters. The minimum Gasteiger partial charge on any atom is -0.504 e. The van der Waals surface area contributed by atoms with Gasteiger partial charge in [0.15, 0.2) is 11.5 Å². The van der Waals surface area contributed by atoms with Crippen LogP contribution in [-0.4, -0.2) is 34.1 Å². The van der Waals surface area contributed by atoms with Gasteiger partial charge in [0.2, 0.25) is 0 Å². The Labute approximate surface area is 168 Å². The Balaban J connectivity index is 1.60. The highest BCUT2D eigenvalue weighted by atomic mass is 16.5. The van der Waals surface area contributed by atoms with Gasteiger partial charge in [-0.25, -0.2) is 0 Å². The third kappa shape index (κ3) is 3.74. The number of carbonyl (C=O) groups excluding carboxylic acids is 1. The third-order valence-electron chi connectivity index (χ3n) is 5.25. The fourth-order valence-corrected chi connectivity index (χ4v) is 3.68. The summed E-state index contributed by atoms with van der Waals surface area (Å²) in [4.78, 5) is 27.2. The number of rotatable bonds is 4. The quantitative estimate of drug-likeness (QED) is 0.744. The van der Waals surface area contributed by atoms with Crippen LogP contribution in [0.4, 0.5) is 0 Å². The second-order valence-electron chi connectivity index (χ2n) is 7.11. The van der Waals surface area contributed by atoms with Gasteiger partial charge in [-0.2, -0.15) is 0 Å². The smallest absolute Gasteiger partial charge is 0.258 e. The van der Waals surface area contributed by atoms with E-state index in [2.05, 4.69) is 0 Å². The summed E-state index contributed by atoms with van der Waals surface area (Å²) in [5.41, 5.74) is 3.13. The Bertz CT molecular complexity index is 1110. The summed E-state index contributed by atoms with van der Waals surface area (Å²) >= 11 is 0. The molecule has 0 spiro atoms. The maximum atomic E-state index is 13.0. The normalized spacial score (nSPS) is 13.1. The molecule has 2 aromatic carbocycles. The number of fused-ring (bicyclic) bond motifs is 1. The number of phenolic OH excluding ortho intramolecular Hbond substituents is 1. The fraction of sp³-hybridized carbons (Fsp3) is 0.217. The van der Waals surface area contributed by atoms with E-state index in [-0.39, 0.29) is 28.5 Å². The van der Waals surface area contributed by atoms with Gasteiger partial charge in [-0.1, -0.05) is 36.4 Å². The number of para-hydroxylation sites is 1. The highest BCUT2D eigenvalue weighted by molar-refractivity contribution is 5.97. The van der Waals surface area contributed by atoms with Gasteiger partial charge in [-0.05, 0) is 35.2 Å². The molecule has 2 heterocycles. The van der Waals surface area contributed by atoms with Crippen molar-refractivity contribution in [2.45, 2.75) is 19.5 Å². The molecule has 1 aliphatic rings. The van der Waals surface area contributed by atoms with Crippen molar-refractivity contribution in [2.75, 3.05) is 13.7 Å². The first-order valence-corrected chi connectivity index (χ1v) is 9.48. The maximum Gasteiger partial charge on any atom is 0.258 e. The molecule has 0 saturated heterocycles. The molecule has 0 saturated carbocycles. The van der Waals surface area contributed by atoms with E-state index in [0.29, 0.717) is 26.1 Å². The van der Waals surface area contributed by atoms with Crippen molar-refractivity contribution in [1.29, 1.82) is 0 Å². The largest absolute Gasteiger partial charge is 0.504 e. The summed E-state index contributed by atoms with van der Waals surface area (Å²) in [5.74, 6) is -0.141. The van der Waals surface area contributed by atoms with Crippen molar-refractivity contribution in [3.63, 3.8) is 0 Å². The molecule has 1 aromatic heterocycles. The average Bonchev–Trinajstić information content (AvgIpc) is 2.74. The summed E-state index contributed by atoms with van der Waals surface area (Å²) in [7, 11) is 1.45. The second kappa shape index (κ2) is 7.83. The predicted octanol–water partition coefficient (Wildman–Crippen LogP) is 2.81. The lowest BCUT2D eigenvalue weighted by molar-refractivity contribution is 0.0730. The average molecular weight is 390 g/mol. The number of aromatic hydroxyl groups is 1. The SMILES string of the molecule is COc1cccc(C(=O)N2CCc3cc(=O)n(Cc4ccccc4)cc3C2)c1O. The van der Waals surface area contributed by atoms with Crippen molar-refractivity contribution < 1.29 is 14.6 Å². The third-order valence-corrected chi connectivity index (χ3v) is 5.25. The van der Waals surface area contributed by atoms with E-state index in [9.17, 15) is 14.7 Å². The van der Waals surface area contributed by atoms with Crippen LogP contribution < -0.4 is 10.3 Å². The maximum absolute atomic E-state index is 13.0. The first-order chi connectivity index (χ1) is 14.1. The first kappa shape index (κ1) is 18.8. The molecule has 6 heteroatoms. The molecule has 1 aliphatic heterocycles. The van der Waals surface area contributed by atoms with Gasteiger partial charge >= 0.3 is 0 Å². The molecule has 1 amide bonds. The predicted molar refractivity (Wildman–Crippen MR) is 109 cm³/mol. The number of hydrogen-bond acceptors (Lipinski definition) is 4. The summed E-state index contributed by atoms with van der Waals surface area (Å²) < 4.78 is 6.78. The topological polar surface area (TPSA) is 71.8 Å². The molecule has 6 nitrogen and oxygen atoms in total. The zero-order chi connectivity index (χ0) is 20.4. The van der Waals surface area contributed by atoms with Crippen LogP contribution >= 0.6 is 0 Å². The van der Waals surface area contributed by atoms with Gasteiger partial charge in [0.1, 0.15) is 0 Å². The molecule has 148 valence electrons. The number of carbonyl (C=O) groups is 1. The van der Waals surface area contributed by atoms with Crippen molar-refractivity contribution >= 4 is 5.91 Å². The van der Waals surface area contributed by atoms with Gasteiger partial charge in [0.25, 0.3) is 11.5 Å². The summed E-state index contributed by atoms with van der Waals surface area (Å²) in [6.45, 7) is 1.36. The van der Waals surface area contributed by atoms with Crippen LogP contribution in [-0.2, 0) is 19.5 Å². The number of amides is 1. The van der Waals surface area contributed by atoms with Crippen LogP contribution in [0, 0.1) is 0 Å². The number of pyridine rings is 1. The van der Waals surface area contributed by atoms with Crippen molar-refractivity contribution in [3.05, 3.63) is 93.4 Å². The number of nitrogens with zero attached hydrogens (tertiary/aromatic N) is 2. The van der Waals surface area contributed by atoms with E-state index in [0.717, 1.165) is 16.7 Å². The number of hydrogen-bond donors (Lipinski definition) is 1. The fourth-order valence-electron chi connectivity index (χ4n) is 3.68. The first-order valence-electron chi connectivity index (χ1n) is 9.48. The van der Waals surface area contributed by atoms with Crippen LogP contribution in [0.25, 0.3) is 0 Å². The second-order valence-corrected chi connectivity index (χ2v) is 7.11. The van der Waals surface area contributed by atoms with E-state index in [4.69, 9.17) is 4.74 Å². The van der Waals surface area contributed by atoms with Crippen LogP contribution in [0.1, 0.15) is 27.0 Å². The zero-order valence-electron chi connectivity index (χ0n) is 16.2. The van der Waals surface area contributed by atoms with E-state index in [1.54, 1.807) is 33.7 Å². The number of methoxy groups -OCH3 is 1. The van der Waals surface area contributed by atoms with Crippen LogP contribution in [0.5, 0.6) is 11.5 Å². The van der Waals surface area contributed by atoms with Gasteiger partial charge in [-0.15, -0.1) is 0 Å². The van der Waals surface area contributed by atoms with Crippen LogP contribution in [0.2, 0.25) is 0 Å². The molecule has 1 N–H and O–H groups in total. The number of benzene rings is 2. The summed E-state index contributed by atoms with van der Waals surface area (Å²) in [5, 5.41) is 10.3. The van der Waals surface area contributed by atoms with Crippen molar-refractivity contribution in [2.24, 2.45) is 0 Å². The van der Waals surface area contributed by atoms with E-state index in [1.165, 1.54) is 7.11 Å². The Morgan fingerprint density at radius 1 is 1.10 bits per heavy atom. The zero-order valence-corrected chi connectivity index (χ0v) is 16.2. The van der Waals surface area contributed by atoms with Gasteiger partial charge in [-0.3, -0.25) is 9.59 Å². The highest BCUT2D eigenvalue weighted by Gasteiger charge is 2.25. The lowest BCUT2D eigenvalue weighted by Gasteiger charge is -2.29. The number of aromatic nitrogens is 1. The molecule has 0 aliphatic carbocycles. The molecule has 0 fully saturated rings. The lowest BCUT2D eigenvalue weighted by Crippen LogP contribution is -2.37. The molecule has 0 unspecified atom stereocenters. The Morgan fingerprint density at radius 3 is 2.66 bits per heavy atom. The van der Waals surface area contributed by atoms with E-state index >= 15 is 0 Å². The molecular formula is C23H22N2O4. The summed E-state index contributed by atoms with van der Waals surface area (Å²) in [6.07, 6.45) is 2.45. The Hall–Kier alpha value is -3.54. The van der Waals surface area contributed by atoms with E-state index < -0.39 is 0 Å². The molecule has 0 bridgehead atoms. The van der Waals surface area contributed by atoms with Crippen LogP contribution in [0.3, 0.4) is 0 Å². The molecule has 29 heavy (non-hydrogen) atoms. The minimum atomic E-state index is -0.257. The standard InChI is InChI=1S/C23H22N2O4/c1-29-20-9-5-8-19(22(20)27)23(28)24-11-10-17-12-21(26)25(15-18(17)14-24)13-16-6-3-2-4-7-16/h2-9,12,15,27H,10-11,13-14H2,1H3. The highest BCUT2D eigenvalue weighted by Crippen LogP contribution is 2.31. The van der Waals surface area contributed by atoms with E-state index in [1.807, 2.05) is 36.5 Å². The summed E-state index contributed by atoms with van der Waals surface area (Å²) in [6, 6.07) is 16.3. The number of phenols is 1. The Morgan fingerprint density at radius 2 is 1.90 bits per heavy atom. The number of ether oxygens (including phenoxy) is 1. The minimum absolute atomic E-state index is 0.0437. The monoisotopic (exact) mass is 390 g/mol. The van der Waals surface area contributed by atoms with Crippen molar-refractivity contribution in [3.8, 4) is 11.5 Å². The van der Waals surface area contributed by atoms with Crippen LogP contribution in [0.15, 0.2) is 65.6 Å². The van der Waals surface area contributed by atoms with Crippen molar-refractivity contribution in [1.82, 2.24) is 9.47 Å². The lowest BCUT2D eigenvalue weighted by atomic mass is 10.0. The Kier molecular flexibility index (Phi) is 5.08. The molecule has 4 rings (SSSR count). The molecular weight excluding hydrogens is 368 g/mol. The molecule has 3 aromatic rings. The molecule has 0 radical (unpaired) electrons.